The second-order valence-electron chi connectivity index (χ2n) is 6.83. The molecule has 7 nitrogen and oxygen atoms in total. The van der Waals surface area contributed by atoms with E-state index in [4.69, 9.17) is 4.74 Å². The molecule has 27 heavy (non-hydrogen) atoms. The molecule has 1 saturated heterocycles. The topological polar surface area (TPSA) is 80.5 Å². The van der Waals surface area contributed by atoms with Crippen LogP contribution < -0.4 is 0 Å². The number of rotatable bonds is 6. The molecule has 0 amide bonds. The molecule has 1 aliphatic heterocycles. The van der Waals surface area contributed by atoms with Crippen LogP contribution in [0, 0.1) is 11.6 Å². The van der Waals surface area contributed by atoms with E-state index in [1.807, 2.05) is 4.90 Å². The number of hydrogen-bond donors (Lipinski definition) is 1. The normalized spacial score (nSPS) is 18.2. The number of nitrogens with zero attached hydrogens (tertiary/aromatic N) is 4. The summed E-state index contributed by atoms with van der Waals surface area (Å²) in [6, 6.07) is 3.14. The molecule has 9 heteroatoms. The molecule has 1 aromatic heterocycles. The fourth-order valence-electron chi connectivity index (χ4n) is 3.46. The van der Waals surface area contributed by atoms with Crippen molar-refractivity contribution in [1.82, 2.24) is 19.7 Å². The van der Waals surface area contributed by atoms with Crippen molar-refractivity contribution in [3.63, 3.8) is 0 Å². The average Bonchev–Trinajstić information content (AvgIpc) is 3.08. The van der Waals surface area contributed by atoms with Crippen molar-refractivity contribution in [2.24, 2.45) is 0 Å². The van der Waals surface area contributed by atoms with Crippen LogP contribution in [0.15, 0.2) is 30.9 Å². The molecule has 2 heterocycles. The van der Waals surface area contributed by atoms with Crippen molar-refractivity contribution in [3.05, 3.63) is 48.1 Å². The predicted molar refractivity (Wildman–Crippen MR) is 91.5 cm³/mol. The first-order valence-electron chi connectivity index (χ1n) is 8.75. The lowest BCUT2D eigenvalue weighted by Gasteiger charge is -2.38. The number of benzene rings is 1. The van der Waals surface area contributed by atoms with Crippen LogP contribution >= 0.6 is 0 Å². The summed E-state index contributed by atoms with van der Waals surface area (Å²) in [7, 11) is 0. The van der Waals surface area contributed by atoms with Crippen LogP contribution in [0.2, 0.25) is 0 Å². The Morgan fingerprint density at radius 2 is 2.07 bits per heavy atom. The molecule has 0 saturated carbocycles. The first kappa shape index (κ1) is 19.4. The van der Waals surface area contributed by atoms with Crippen LogP contribution in [0.4, 0.5) is 8.78 Å². The molecule has 146 valence electrons. The van der Waals surface area contributed by atoms with Crippen LogP contribution in [0.25, 0.3) is 0 Å². The summed E-state index contributed by atoms with van der Waals surface area (Å²) in [4.78, 5) is 16.9. The number of ether oxygens (including phenoxy) is 1. The molecule has 1 fully saturated rings. The fraction of sp³-hybridized carbons (Fsp3) is 0.500. The van der Waals surface area contributed by atoms with Crippen LogP contribution in [0.1, 0.15) is 25.3 Å². The van der Waals surface area contributed by atoms with E-state index in [0.717, 1.165) is 12.1 Å². The van der Waals surface area contributed by atoms with Gasteiger partial charge in [-0.2, -0.15) is 5.10 Å². The number of piperidine rings is 1. The van der Waals surface area contributed by atoms with Crippen molar-refractivity contribution >= 4 is 5.97 Å². The summed E-state index contributed by atoms with van der Waals surface area (Å²) < 4.78 is 34.4. The van der Waals surface area contributed by atoms with E-state index in [1.54, 1.807) is 0 Å². The molecule has 0 aliphatic carbocycles. The summed E-state index contributed by atoms with van der Waals surface area (Å²) in [5, 5.41) is 15.3. The number of carbonyl (C=O) groups excluding carboxylic acids is 1. The number of halogens is 2. The molecule has 1 unspecified atom stereocenters. The molecular formula is C18H22F2N4O3. The van der Waals surface area contributed by atoms with Gasteiger partial charge in [0.1, 0.15) is 36.0 Å². The Balaban J connectivity index is 1.77. The van der Waals surface area contributed by atoms with Gasteiger partial charge in [-0.3, -0.25) is 9.69 Å². The van der Waals surface area contributed by atoms with Crippen molar-refractivity contribution in [1.29, 1.82) is 0 Å². The summed E-state index contributed by atoms with van der Waals surface area (Å²) in [6.07, 6.45) is 3.87. The molecule has 1 N–H and O–H groups in total. The highest BCUT2D eigenvalue weighted by atomic mass is 19.1. The summed E-state index contributed by atoms with van der Waals surface area (Å²) in [5.74, 6) is -1.83. The van der Waals surface area contributed by atoms with Crippen LogP contribution in [0.3, 0.4) is 0 Å². The van der Waals surface area contributed by atoms with Crippen LogP contribution in [-0.2, 0) is 21.7 Å². The maximum Gasteiger partial charge on any atom is 0.302 e. The predicted octanol–water partition coefficient (Wildman–Crippen LogP) is 1.47. The van der Waals surface area contributed by atoms with E-state index in [-0.39, 0.29) is 30.7 Å². The minimum atomic E-state index is -1.63. The maximum atomic E-state index is 14.4. The largest absolute Gasteiger partial charge is 0.462 e. The van der Waals surface area contributed by atoms with E-state index < -0.39 is 17.2 Å². The first-order valence-corrected chi connectivity index (χ1v) is 8.75. The Labute approximate surface area is 155 Å². The second kappa shape index (κ2) is 8.10. The van der Waals surface area contributed by atoms with Gasteiger partial charge in [-0.25, -0.2) is 18.4 Å². The third kappa shape index (κ3) is 4.86. The molecule has 0 radical (unpaired) electrons. The van der Waals surface area contributed by atoms with E-state index in [2.05, 4.69) is 10.1 Å². The summed E-state index contributed by atoms with van der Waals surface area (Å²) in [5.41, 5.74) is -1.62. The van der Waals surface area contributed by atoms with Crippen LogP contribution in [0.5, 0.6) is 0 Å². The van der Waals surface area contributed by atoms with Crippen LogP contribution in [-0.4, -0.2) is 56.5 Å². The highest BCUT2D eigenvalue weighted by Gasteiger charge is 2.36. The Kier molecular flexibility index (Phi) is 5.81. The number of hydrogen-bond acceptors (Lipinski definition) is 6. The number of likely N-dealkylation sites (tertiary alicyclic amines) is 1. The van der Waals surface area contributed by atoms with Crippen molar-refractivity contribution < 1.29 is 23.4 Å². The zero-order chi connectivity index (χ0) is 19.4. The van der Waals surface area contributed by atoms with Gasteiger partial charge in [0.15, 0.2) is 0 Å². The van der Waals surface area contributed by atoms with Gasteiger partial charge in [-0.1, -0.05) is 6.07 Å². The fourth-order valence-corrected chi connectivity index (χ4v) is 3.46. The number of aliphatic hydroxyl groups is 1. The third-order valence-electron chi connectivity index (χ3n) is 4.68. The van der Waals surface area contributed by atoms with Gasteiger partial charge in [0.25, 0.3) is 0 Å². The lowest BCUT2D eigenvalue weighted by molar-refractivity contribution is -0.149. The van der Waals surface area contributed by atoms with E-state index in [1.165, 1.54) is 30.3 Å². The molecule has 1 aromatic carbocycles. The Hall–Kier alpha value is -2.39. The molecular weight excluding hydrogens is 358 g/mol. The summed E-state index contributed by atoms with van der Waals surface area (Å²) in [6.45, 7) is 2.64. The first-order chi connectivity index (χ1) is 12.9. The van der Waals surface area contributed by atoms with Gasteiger partial charge in [0.2, 0.25) is 0 Å². The van der Waals surface area contributed by atoms with Crippen molar-refractivity contribution in [2.75, 3.05) is 19.6 Å². The maximum absolute atomic E-state index is 14.4. The van der Waals surface area contributed by atoms with E-state index in [0.29, 0.717) is 25.9 Å². The molecule has 1 atom stereocenters. The number of carbonyl (C=O) groups is 1. The SMILES string of the molecule is CC(=O)OC1CCN(CC(O)(Cn2cncn2)c2ccc(F)cc2F)CC1. The van der Waals surface area contributed by atoms with Crippen molar-refractivity contribution in [3.8, 4) is 0 Å². The summed E-state index contributed by atoms with van der Waals surface area (Å²) >= 11 is 0. The van der Waals surface area contributed by atoms with E-state index >= 15 is 0 Å². The molecule has 0 bridgehead atoms. The Morgan fingerprint density at radius 3 is 2.67 bits per heavy atom. The lowest BCUT2D eigenvalue weighted by atomic mass is 9.91. The minimum absolute atomic E-state index is 0.00140. The Bertz CT molecular complexity index is 779. The second-order valence-corrected chi connectivity index (χ2v) is 6.83. The molecule has 3 rings (SSSR count). The van der Waals surface area contributed by atoms with Gasteiger partial charge in [-0.15, -0.1) is 0 Å². The molecule has 0 spiro atoms. The molecule has 1 aliphatic rings. The van der Waals surface area contributed by atoms with Gasteiger partial charge in [0, 0.05) is 38.2 Å². The van der Waals surface area contributed by atoms with Crippen molar-refractivity contribution in [2.45, 2.75) is 38.0 Å². The number of aromatic nitrogens is 3. The minimum Gasteiger partial charge on any atom is -0.462 e. The van der Waals surface area contributed by atoms with Gasteiger partial charge in [0.05, 0.1) is 6.54 Å². The highest BCUT2D eigenvalue weighted by Crippen LogP contribution is 2.29. The monoisotopic (exact) mass is 380 g/mol. The number of esters is 1. The zero-order valence-electron chi connectivity index (χ0n) is 15.0. The highest BCUT2D eigenvalue weighted by molar-refractivity contribution is 5.66. The quantitative estimate of drug-likeness (QED) is 0.765. The standard InChI is InChI=1S/C18H22F2N4O3/c1-13(25)27-15-4-6-23(7-5-15)9-18(26,10-24-12-21-11-22-24)16-3-2-14(19)8-17(16)20/h2-3,8,11-12,15,26H,4-7,9-10H2,1H3. The zero-order valence-corrected chi connectivity index (χ0v) is 15.0. The third-order valence-corrected chi connectivity index (χ3v) is 4.68. The lowest BCUT2D eigenvalue weighted by Crippen LogP contribution is -2.48. The van der Waals surface area contributed by atoms with E-state index in [9.17, 15) is 18.7 Å². The number of β-amino-alcohol motifs (C(OH)–C–C–N with tert-alkyl or cyclic N) is 1. The smallest absolute Gasteiger partial charge is 0.302 e. The van der Waals surface area contributed by atoms with Gasteiger partial charge >= 0.3 is 5.97 Å². The molecule has 2 aromatic rings. The Morgan fingerprint density at radius 1 is 1.33 bits per heavy atom. The van der Waals surface area contributed by atoms with Gasteiger partial charge in [-0.05, 0) is 18.9 Å². The van der Waals surface area contributed by atoms with Gasteiger partial charge < -0.3 is 9.84 Å². The average molecular weight is 380 g/mol.